The Morgan fingerprint density at radius 2 is 1.92 bits per heavy atom. The summed E-state index contributed by atoms with van der Waals surface area (Å²) in [6.45, 7) is 9.41. The van der Waals surface area contributed by atoms with Crippen LogP contribution in [0.4, 0.5) is 0 Å². The molecule has 0 bridgehead atoms. The van der Waals surface area contributed by atoms with Crippen molar-refractivity contribution in [2.75, 3.05) is 32.8 Å². The van der Waals surface area contributed by atoms with Gasteiger partial charge in [0.15, 0.2) is 0 Å². The van der Waals surface area contributed by atoms with E-state index in [1.54, 1.807) is 0 Å². The molecule has 2 aliphatic heterocycles. The summed E-state index contributed by atoms with van der Waals surface area (Å²) in [5.74, 6) is 1.07. The lowest BCUT2D eigenvalue weighted by molar-refractivity contribution is 0.0820. The Morgan fingerprint density at radius 3 is 2.71 bits per heavy atom. The van der Waals surface area contributed by atoms with Crippen molar-refractivity contribution >= 4 is 0 Å². The molecule has 1 atom stereocenters. The molecule has 2 heterocycles. The number of piperidine rings is 1. The molecule has 3 rings (SSSR count). The van der Waals surface area contributed by atoms with Crippen LogP contribution < -0.4 is 10.1 Å². The maximum Gasteiger partial charge on any atom is 0.124 e. The predicted molar refractivity (Wildman–Crippen MR) is 97.7 cm³/mol. The molecule has 1 saturated heterocycles. The number of hydrogen-bond acceptors (Lipinski definition) is 4. The van der Waals surface area contributed by atoms with Gasteiger partial charge in [-0.3, -0.25) is 0 Å². The Bertz CT molecular complexity index is 539. The number of nitrogens with zero attached hydrogens (tertiary/aromatic N) is 1. The molecule has 134 valence electrons. The summed E-state index contributed by atoms with van der Waals surface area (Å²) < 4.78 is 5.95. The first-order valence-electron chi connectivity index (χ1n) is 9.51. The summed E-state index contributed by atoms with van der Waals surface area (Å²) in [6, 6.07) is 4.91. The van der Waals surface area contributed by atoms with Crippen LogP contribution in [-0.2, 0) is 0 Å². The maximum atomic E-state index is 9.58. The molecule has 1 fully saturated rings. The Hall–Kier alpha value is -1.10. The maximum absolute atomic E-state index is 9.58. The lowest BCUT2D eigenvalue weighted by Crippen LogP contribution is -2.37. The number of aliphatic hydroxyl groups is 1. The van der Waals surface area contributed by atoms with E-state index in [1.807, 2.05) is 0 Å². The standard InChI is InChI=1S/C20H32N2O2/c1-15-13-18-19(5-3-12-24-20(18)14-16(15)2)21-8-4-9-22-10-6-17(23)7-11-22/h13-14,17,19,21,23H,3-12H2,1-2H3. The minimum absolute atomic E-state index is 0.0754. The van der Waals surface area contributed by atoms with Gasteiger partial charge >= 0.3 is 0 Å². The van der Waals surface area contributed by atoms with E-state index in [1.165, 1.54) is 16.7 Å². The van der Waals surface area contributed by atoms with Gasteiger partial charge in [-0.1, -0.05) is 6.07 Å². The van der Waals surface area contributed by atoms with Crippen LogP contribution in [0.3, 0.4) is 0 Å². The van der Waals surface area contributed by atoms with E-state index >= 15 is 0 Å². The van der Waals surface area contributed by atoms with Gasteiger partial charge in [0.25, 0.3) is 0 Å². The summed E-state index contributed by atoms with van der Waals surface area (Å²) in [7, 11) is 0. The number of benzene rings is 1. The fourth-order valence-corrected chi connectivity index (χ4v) is 3.77. The monoisotopic (exact) mass is 332 g/mol. The van der Waals surface area contributed by atoms with Crippen molar-refractivity contribution in [3.05, 3.63) is 28.8 Å². The van der Waals surface area contributed by atoms with E-state index < -0.39 is 0 Å². The van der Waals surface area contributed by atoms with Crippen molar-refractivity contribution < 1.29 is 9.84 Å². The second-order valence-electron chi connectivity index (χ2n) is 7.40. The Morgan fingerprint density at radius 1 is 1.17 bits per heavy atom. The molecule has 1 aromatic carbocycles. The van der Waals surface area contributed by atoms with Crippen molar-refractivity contribution in [3.63, 3.8) is 0 Å². The first-order valence-corrected chi connectivity index (χ1v) is 9.51. The van der Waals surface area contributed by atoms with Gasteiger partial charge in [0.2, 0.25) is 0 Å². The number of hydrogen-bond donors (Lipinski definition) is 2. The zero-order valence-electron chi connectivity index (χ0n) is 15.2. The number of nitrogens with one attached hydrogen (secondary N) is 1. The van der Waals surface area contributed by atoms with Crippen LogP contribution >= 0.6 is 0 Å². The average molecular weight is 332 g/mol. The van der Waals surface area contributed by atoms with Crippen LogP contribution in [0.25, 0.3) is 0 Å². The van der Waals surface area contributed by atoms with E-state index in [9.17, 15) is 5.11 Å². The van der Waals surface area contributed by atoms with Crippen molar-refractivity contribution in [3.8, 4) is 5.75 Å². The molecular weight excluding hydrogens is 300 g/mol. The zero-order valence-corrected chi connectivity index (χ0v) is 15.2. The first kappa shape index (κ1) is 17.7. The number of fused-ring (bicyclic) bond motifs is 1. The topological polar surface area (TPSA) is 44.7 Å². The molecule has 0 amide bonds. The molecule has 0 spiro atoms. The first-order chi connectivity index (χ1) is 11.6. The van der Waals surface area contributed by atoms with Crippen LogP contribution in [0, 0.1) is 13.8 Å². The van der Waals surface area contributed by atoms with Crippen LogP contribution in [0.15, 0.2) is 12.1 Å². The third-order valence-corrected chi connectivity index (χ3v) is 5.50. The minimum Gasteiger partial charge on any atom is -0.493 e. The second kappa shape index (κ2) is 8.32. The van der Waals surface area contributed by atoms with Crippen molar-refractivity contribution in [2.45, 2.75) is 58.1 Å². The van der Waals surface area contributed by atoms with E-state index in [2.05, 4.69) is 36.2 Å². The van der Waals surface area contributed by atoms with Crippen LogP contribution in [0.5, 0.6) is 5.75 Å². The normalized spacial score (nSPS) is 22.7. The highest BCUT2D eigenvalue weighted by Crippen LogP contribution is 2.33. The quantitative estimate of drug-likeness (QED) is 0.814. The van der Waals surface area contributed by atoms with Crippen LogP contribution in [0.1, 0.15) is 54.8 Å². The Balaban J connectivity index is 1.51. The fourth-order valence-electron chi connectivity index (χ4n) is 3.77. The van der Waals surface area contributed by atoms with Gasteiger partial charge in [0.1, 0.15) is 5.75 Å². The third kappa shape index (κ3) is 4.50. The molecule has 1 unspecified atom stereocenters. The van der Waals surface area contributed by atoms with Gasteiger partial charge in [-0.15, -0.1) is 0 Å². The molecule has 0 saturated carbocycles. The van der Waals surface area contributed by atoms with E-state index in [4.69, 9.17) is 4.74 Å². The fraction of sp³-hybridized carbons (Fsp3) is 0.700. The summed E-state index contributed by atoms with van der Waals surface area (Å²) in [4.78, 5) is 2.48. The highest BCUT2D eigenvalue weighted by atomic mass is 16.5. The van der Waals surface area contributed by atoms with Gasteiger partial charge in [-0.05, 0) is 76.2 Å². The Labute approximate surface area is 146 Å². The second-order valence-corrected chi connectivity index (χ2v) is 7.40. The van der Waals surface area contributed by atoms with Gasteiger partial charge < -0.3 is 20.1 Å². The Kier molecular flexibility index (Phi) is 6.14. The number of aryl methyl sites for hydroxylation is 2. The predicted octanol–water partition coefficient (Wildman–Crippen LogP) is 2.95. The highest BCUT2D eigenvalue weighted by molar-refractivity contribution is 5.44. The molecule has 0 aromatic heterocycles. The molecule has 4 heteroatoms. The van der Waals surface area contributed by atoms with Gasteiger partial charge in [0.05, 0.1) is 12.7 Å². The third-order valence-electron chi connectivity index (χ3n) is 5.50. The summed E-state index contributed by atoms with van der Waals surface area (Å²) in [5.41, 5.74) is 3.98. The molecule has 0 aliphatic carbocycles. The molecular formula is C20H32N2O2. The highest BCUT2D eigenvalue weighted by Gasteiger charge is 2.21. The van der Waals surface area contributed by atoms with E-state index in [0.29, 0.717) is 6.04 Å². The molecule has 4 nitrogen and oxygen atoms in total. The summed E-state index contributed by atoms with van der Waals surface area (Å²) in [6.07, 6.45) is 5.19. The number of likely N-dealkylation sites (tertiary alicyclic amines) is 1. The lowest BCUT2D eigenvalue weighted by atomic mass is 9.97. The van der Waals surface area contributed by atoms with Crippen molar-refractivity contribution in [1.29, 1.82) is 0 Å². The number of rotatable bonds is 5. The van der Waals surface area contributed by atoms with E-state index in [-0.39, 0.29) is 6.10 Å². The summed E-state index contributed by atoms with van der Waals surface area (Å²) in [5, 5.41) is 13.3. The lowest BCUT2D eigenvalue weighted by Gasteiger charge is -2.29. The van der Waals surface area contributed by atoms with Gasteiger partial charge in [-0.2, -0.15) is 0 Å². The summed E-state index contributed by atoms with van der Waals surface area (Å²) >= 11 is 0. The SMILES string of the molecule is Cc1cc2c(cc1C)C(NCCCN1CCC(O)CC1)CCCO2. The number of aliphatic hydroxyl groups excluding tert-OH is 1. The van der Waals surface area contributed by atoms with E-state index in [0.717, 1.165) is 70.6 Å². The number of ether oxygens (including phenoxy) is 1. The minimum atomic E-state index is -0.0754. The molecule has 0 radical (unpaired) electrons. The molecule has 24 heavy (non-hydrogen) atoms. The van der Waals surface area contributed by atoms with Gasteiger partial charge in [-0.25, -0.2) is 0 Å². The zero-order chi connectivity index (χ0) is 16.9. The van der Waals surface area contributed by atoms with Crippen LogP contribution in [-0.4, -0.2) is 48.9 Å². The average Bonchev–Trinajstić information content (AvgIpc) is 2.76. The van der Waals surface area contributed by atoms with Crippen molar-refractivity contribution in [1.82, 2.24) is 10.2 Å². The molecule has 2 aliphatic rings. The smallest absolute Gasteiger partial charge is 0.124 e. The largest absolute Gasteiger partial charge is 0.493 e. The van der Waals surface area contributed by atoms with Gasteiger partial charge in [0, 0.05) is 24.7 Å². The molecule has 1 aromatic rings. The molecule has 2 N–H and O–H groups in total. The van der Waals surface area contributed by atoms with Crippen molar-refractivity contribution in [2.24, 2.45) is 0 Å². The van der Waals surface area contributed by atoms with Crippen LogP contribution in [0.2, 0.25) is 0 Å².